The number of nitrogens with one attached hydrogen (secondary N) is 1. The summed E-state index contributed by atoms with van der Waals surface area (Å²) in [5.41, 5.74) is 3.05. The van der Waals surface area contributed by atoms with Crippen molar-refractivity contribution < 1.29 is 32.3 Å². The Balaban J connectivity index is 0.000000934. The number of aromatic nitrogens is 4. The molecule has 0 radical (unpaired) electrons. The van der Waals surface area contributed by atoms with Gasteiger partial charge in [0, 0.05) is 35.3 Å². The van der Waals surface area contributed by atoms with Crippen molar-refractivity contribution in [1.29, 1.82) is 0 Å². The Bertz CT molecular complexity index is 1350. The van der Waals surface area contributed by atoms with Crippen LogP contribution in [0.25, 0.3) is 11.1 Å². The van der Waals surface area contributed by atoms with E-state index in [0.29, 0.717) is 13.2 Å². The Labute approximate surface area is 218 Å². The first-order chi connectivity index (χ1) is 18.1. The maximum atomic E-state index is 12.8. The first-order valence-corrected chi connectivity index (χ1v) is 11.9. The molecule has 0 unspecified atom stereocenters. The molecule has 2 aromatic carbocycles. The molecule has 0 fully saturated rings. The number of benzene rings is 2. The van der Waals surface area contributed by atoms with Gasteiger partial charge in [0.1, 0.15) is 5.82 Å². The van der Waals surface area contributed by atoms with Gasteiger partial charge in [-0.3, -0.25) is 4.79 Å². The second-order valence-electron chi connectivity index (χ2n) is 8.51. The molecule has 0 aliphatic rings. The molecule has 0 aliphatic carbocycles. The molecule has 2 N–H and O–H groups in total. The molecule has 8 nitrogen and oxygen atoms in total. The molecule has 0 bridgehead atoms. The minimum atomic E-state index is -4.48. The van der Waals surface area contributed by atoms with Gasteiger partial charge in [-0.25, -0.2) is 9.97 Å². The van der Waals surface area contributed by atoms with Gasteiger partial charge < -0.3 is 14.9 Å². The van der Waals surface area contributed by atoms with E-state index in [1.54, 1.807) is 17.1 Å². The average molecular weight is 529 g/mol. The molecule has 200 valence electrons. The summed E-state index contributed by atoms with van der Waals surface area (Å²) in [6.45, 7) is 6.45. The van der Waals surface area contributed by atoms with Crippen LogP contribution in [0, 0.1) is 13.8 Å². The van der Waals surface area contributed by atoms with Crippen molar-refractivity contribution in [2.75, 3.05) is 11.9 Å². The third-order valence-corrected chi connectivity index (χ3v) is 5.30. The number of aliphatic hydroxyl groups excluding tert-OH is 1. The van der Waals surface area contributed by atoms with Crippen LogP contribution in [0.1, 0.15) is 41.8 Å². The van der Waals surface area contributed by atoms with Gasteiger partial charge in [-0.05, 0) is 48.7 Å². The molecule has 0 atom stereocenters. The third-order valence-electron chi connectivity index (χ3n) is 5.30. The van der Waals surface area contributed by atoms with Crippen molar-refractivity contribution in [1.82, 2.24) is 15.2 Å². The topological polar surface area (TPSA) is 105 Å². The van der Waals surface area contributed by atoms with Crippen LogP contribution >= 0.6 is 0 Å². The summed E-state index contributed by atoms with van der Waals surface area (Å²) in [5, 5.41) is 14.2. The summed E-state index contributed by atoms with van der Waals surface area (Å²) in [4.78, 5) is 20.9. The Morgan fingerprint density at radius 1 is 1.13 bits per heavy atom. The van der Waals surface area contributed by atoms with Crippen LogP contribution in [-0.4, -0.2) is 32.9 Å². The quantitative estimate of drug-likeness (QED) is 0.338. The molecule has 0 saturated heterocycles. The standard InChI is InChI=1S/C24H20F3N5O2.C3H8O/c1-15-22(12-28-16(2)29-15)18-8-6-17(7-9-18)13-32-14-21(34-31-32)11-23(33)30-20-5-3-4-19(10-20)24(25,26)27;1-2-3-4/h3-10,12,14H,11,13H2,1-2H3;4H,2-3H2,1H3/p+1. The highest BCUT2D eigenvalue weighted by Gasteiger charge is 2.30. The van der Waals surface area contributed by atoms with Gasteiger partial charge >= 0.3 is 6.18 Å². The van der Waals surface area contributed by atoms with Crippen molar-refractivity contribution in [3.05, 3.63) is 89.3 Å². The van der Waals surface area contributed by atoms with Gasteiger partial charge in [-0.2, -0.15) is 13.2 Å². The summed E-state index contributed by atoms with van der Waals surface area (Å²) < 4.78 is 45.2. The van der Waals surface area contributed by atoms with Gasteiger partial charge in [-0.15, -0.1) is 0 Å². The lowest BCUT2D eigenvalue weighted by Gasteiger charge is -2.09. The minimum Gasteiger partial charge on any atom is -0.396 e. The smallest absolute Gasteiger partial charge is 0.396 e. The summed E-state index contributed by atoms with van der Waals surface area (Å²) >= 11 is 0. The Hall–Kier alpha value is -4.12. The fraction of sp³-hybridized carbons (Fsp3) is 0.296. The number of hydrogen-bond donors (Lipinski definition) is 2. The first kappa shape index (κ1) is 28.5. The largest absolute Gasteiger partial charge is 0.416 e. The SMILES string of the molecule is CCCO.Cc1ncc(-c2ccc(C[n+]3cc(CC(=O)Nc4cccc(C(F)(F)F)c4)on3)cc2)c(C)n1. The molecule has 2 heterocycles. The van der Waals surface area contributed by atoms with Crippen LogP contribution in [0.3, 0.4) is 0 Å². The zero-order valence-electron chi connectivity index (χ0n) is 21.3. The van der Waals surface area contributed by atoms with Crippen molar-refractivity contribution in [2.45, 2.75) is 46.3 Å². The number of halogens is 3. The fourth-order valence-corrected chi connectivity index (χ4v) is 3.45. The highest BCUT2D eigenvalue weighted by Crippen LogP contribution is 2.30. The first-order valence-electron chi connectivity index (χ1n) is 11.9. The lowest BCUT2D eigenvalue weighted by atomic mass is 10.0. The van der Waals surface area contributed by atoms with Crippen LogP contribution in [0.15, 0.2) is 65.4 Å². The van der Waals surface area contributed by atoms with E-state index < -0.39 is 17.6 Å². The van der Waals surface area contributed by atoms with E-state index in [1.807, 2.05) is 45.0 Å². The number of carbonyl (C=O) groups is 1. The van der Waals surface area contributed by atoms with E-state index in [1.165, 1.54) is 12.1 Å². The maximum Gasteiger partial charge on any atom is 0.416 e. The van der Waals surface area contributed by atoms with Crippen molar-refractivity contribution in [2.24, 2.45) is 0 Å². The average Bonchev–Trinajstić information content (AvgIpc) is 3.31. The summed E-state index contributed by atoms with van der Waals surface area (Å²) in [5.74, 6) is 0.496. The molecule has 38 heavy (non-hydrogen) atoms. The van der Waals surface area contributed by atoms with Crippen LogP contribution < -0.4 is 10.00 Å². The molecule has 0 saturated carbocycles. The fourth-order valence-electron chi connectivity index (χ4n) is 3.45. The van der Waals surface area contributed by atoms with Gasteiger partial charge in [0.15, 0.2) is 5.27 Å². The maximum absolute atomic E-state index is 12.8. The molecule has 0 aliphatic heterocycles. The predicted molar refractivity (Wildman–Crippen MR) is 134 cm³/mol. The van der Waals surface area contributed by atoms with Gasteiger partial charge in [0.05, 0.1) is 12.0 Å². The van der Waals surface area contributed by atoms with Crippen LogP contribution in [-0.2, 0) is 23.9 Å². The molecule has 4 aromatic rings. The zero-order chi connectivity index (χ0) is 27.7. The molecular weight excluding hydrogens is 499 g/mol. The predicted octanol–water partition coefficient (Wildman–Crippen LogP) is 4.67. The number of rotatable bonds is 7. The summed E-state index contributed by atoms with van der Waals surface area (Å²) in [7, 11) is 0. The van der Waals surface area contributed by atoms with Gasteiger partial charge in [0.25, 0.3) is 0 Å². The Morgan fingerprint density at radius 2 is 1.84 bits per heavy atom. The van der Waals surface area contributed by atoms with Crippen LogP contribution in [0.5, 0.6) is 0 Å². The zero-order valence-corrected chi connectivity index (χ0v) is 21.3. The van der Waals surface area contributed by atoms with E-state index in [-0.39, 0.29) is 17.9 Å². The van der Waals surface area contributed by atoms with E-state index in [2.05, 4.69) is 20.6 Å². The van der Waals surface area contributed by atoms with Gasteiger partial charge in [0.2, 0.25) is 24.4 Å². The van der Waals surface area contributed by atoms with Crippen molar-refractivity contribution in [3.63, 3.8) is 0 Å². The van der Waals surface area contributed by atoms with Gasteiger partial charge in [-0.1, -0.05) is 37.3 Å². The summed E-state index contributed by atoms with van der Waals surface area (Å²) in [6, 6.07) is 12.3. The second kappa shape index (κ2) is 12.9. The highest BCUT2D eigenvalue weighted by atomic mass is 19.4. The monoisotopic (exact) mass is 528 g/mol. The van der Waals surface area contributed by atoms with E-state index in [0.717, 1.165) is 46.8 Å². The molecule has 2 aromatic heterocycles. The minimum absolute atomic E-state index is 0.0570. The van der Waals surface area contributed by atoms with E-state index >= 15 is 0 Å². The van der Waals surface area contributed by atoms with E-state index in [4.69, 9.17) is 9.63 Å². The highest BCUT2D eigenvalue weighted by molar-refractivity contribution is 5.91. The number of amides is 1. The summed E-state index contributed by atoms with van der Waals surface area (Å²) in [6.07, 6.45) is -0.391. The second-order valence-corrected chi connectivity index (χ2v) is 8.51. The molecule has 11 heteroatoms. The molecule has 1 amide bonds. The van der Waals surface area contributed by atoms with Crippen molar-refractivity contribution in [3.8, 4) is 11.1 Å². The lowest BCUT2D eigenvalue weighted by molar-refractivity contribution is -0.754. The lowest BCUT2D eigenvalue weighted by Crippen LogP contribution is -2.35. The number of aryl methyl sites for hydroxylation is 2. The third kappa shape index (κ3) is 8.20. The number of anilines is 1. The Morgan fingerprint density at radius 3 is 2.47 bits per heavy atom. The van der Waals surface area contributed by atoms with Crippen molar-refractivity contribution >= 4 is 11.6 Å². The molecule has 4 rings (SSSR count). The number of aliphatic hydroxyl groups is 1. The number of nitrogens with zero attached hydrogens (tertiary/aromatic N) is 4. The number of alkyl halides is 3. The molecular formula is C27H29F3N5O3+. The number of carbonyl (C=O) groups excluding carboxylic acids is 1. The van der Waals surface area contributed by atoms with E-state index in [9.17, 15) is 18.0 Å². The molecule has 0 spiro atoms. The number of hydrogen-bond acceptors (Lipinski definition) is 6. The Kier molecular flexibility index (Phi) is 9.66. The van der Waals surface area contributed by atoms with Crippen LogP contribution in [0.2, 0.25) is 0 Å². The van der Waals surface area contributed by atoms with Crippen LogP contribution in [0.4, 0.5) is 18.9 Å². The normalized spacial score (nSPS) is 11.0.